The molecule has 0 amide bonds. The maximum absolute atomic E-state index is 10.7. The molecule has 0 unspecified atom stereocenters. The van der Waals surface area contributed by atoms with E-state index in [-0.39, 0.29) is 5.97 Å². The van der Waals surface area contributed by atoms with Gasteiger partial charge in [0, 0.05) is 22.9 Å². The average Bonchev–Trinajstić information content (AvgIpc) is 2.18. The third kappa shape index (κ3) is 16.3. The Morgan fingerprint density at radius 2 is 1.93 bits per heavy atom. The Morgan fingerprint density at radius 1 is 1.47 bits per heavy atom. The van der Waals surface area contributed by atoms with Crippen LogP contribution in [0.3, 0.4) is 0 Å². The van der Waals surface area contributed by atoms with Gasteiger partial charge in [0.1, 0.15) is 0 Å². The van der Waals surface area contributed by atoms with Crippen LogP contribution in [0.5, 0.6) is 0 Å². The molecule has 0 aliphatic carbocycles. The van der Waals surface area contributed by atoms with Crippen molar-refractivity contribution in [2.45, 2.75) is 32.5 Å². The minimum atomic E-state index is -0.650. The van der Waals surface area contributed by atoms with Gasteiger partial charge in [0.25, 0.3) is 0 Å². The topological polar surface area (TPSA) is 35.5 Å². The first kappa shape index (κ1) is 17.0. The lowest BCUT2D eigenvalue weighted by Gasteiger charge is -2.01. The molecule has 0 saturated carbocycles. The van der Waals surface area contributed by atoms with Crippen molar-refractivity contribution in [1.82, 2.24) is 0 Å². The summed E-state index contributed by atoms with van der Waals surface area (Å²) in [7, 11) is 2.29. The Morgan fingerprint density at radius 3 is 2.20 bits per heavy atom. The molecular formula is C10H24O3Si2. The quantitative estimate of drug-likeness (QED) is 0.314. The highest BCUT2D eigenvalue weighted by molar-refractivity contribution is 6.48. The van der Waals surface area contributed by atoms with Crippen LogP contribution in [-0.4, -0.2) is 39.0 Å². The second-order valence-electron chi connectivity index (χ2n) is 3.55. The van der Waals surface area contributed by atoms with Gasteiger partial charge >= 0.3 is 5.97 Å². The van der Waals surface area contributed by atoms with Crippen molar-refractivity contribution < 1.29 is 14.0 Å². The van der Waals surface area contributed by atoms with E-state index in [0.717, 1.165) is 6.42 Å². The summed E-state index contributed by atoms with van der Waals surface area (Å²) in [5.74, 6) is -0.268. The lowest BCUT2D eigenvalue weighted by molar-refractivity contribution is -0.138. The SMILES string of the molecule is C=C(C)C(=O)OCCC[SiH3].CO[SiH](C)C. The summed E-state index contributed by atoms with van der Waals surface area (Å²) in [6, 6.07) is 1.18. The number of carbonyl (C=O) groups is 1. The molecule has 0 saturated heterocycles. The molecule has 15 heavy (non-hydrogen) atoms. The predicted octanol–water partition coefficient (Wildman–Crippen LogP) is 0.896. The summed E-state index contributed by atoms with van der Waals surface area (Å²) < 4.78 is 9.72. The van der Waals surface area contributed by atoms with Crippen molar-refractivity contribution in [2.75, 3.05) is 13.7 Å². The summed E-state index contributed by atoms with van der Waals surface area (Å²) in [5.41, 5.74) is 0.480. The van der Waals surface area contributed by atoms with Crippen LogP contribution in [0.4, 0.5) is 0 Å². The third-order valence-corrected chi connectivity index (χ3v) is 3.20. The molecule has 0 aliphatic heterocycles. The van der Waals surface area contributed by atoms with Gasteiger partial charge in [-0.2, -0.15) is 0 Å². The minimum Gasteiger partial charge on any atom is -0.462 e. The van der Waals surface area contributed by atoms with Crippen molar-refractivity contribution in [3.8, 4) is 0 Å². The zero-order valence-electron chi connectivity index (χ0n) is 10.6. The van der Waals surface area contributed by atoms with Crippen LogP contribution in [0.25, 0.3) is 0 Å². The molecule has 3 nitrogen and oxygen atoms in total. The van der Waals surface area contributed by atoms with Gasteiger partial charge in [-0.25, -0.2) is 4.79 Å². The van der Waals surface area contributed by atoms with Crippen molar-refractivity contribution >= 4 is 25.3 Å². The van der Waals surface area contributed by atoms with Crippen LogP contribution in [0.15, 0.2) is 12.2 Å². The molecule has 0 aromatic carbocycles. The number of ether oxygens (including phenoxy) is 1. The van der Waals surface area contributed by atoms with Gasteiger partial charge in [-0.3, -0.25) is 0 Å². The Hall–Kier alpha value is -0.396. The van der Waals surface area contributed by atoms with Gasteiger partial charge in [0.15, 0.2) is 9.04 Å². The van der Waals surface area contributed by atoms with Crippen LogP contribution in [-0.2, 0) is 14.0 Å². The van der Waals surface area contributed by atoms with Crippen molar-refractivity contribution in [3.05, 3.63) is 12.2 Å². The molecular weight excluding hydrogens is 224 g/mol. The second kappa shape index (κ2) is 11.7. The lowest BCUT2D eigenvalue weighted by Crippen LogP contribution is -2.05. The summed E-state index contributed by atoms with van der Waals surface area (Å²) in [5, 5.41) is 0. The molecule has 0 aromatic rings. The monoisotopic (exact) mass is 248 g/mol. The van der Waals surface area contributed by atoms with Crippen molar-refractivity contribution in [3.63, 3.8) is 0 Å². The van der Waals surface area contributed by atoms with E-state index in [2.05, 4.69) is 19.7 Å². The van der Waals surface area contributed by atoms with Crippen molar-refractivity contribution in [1.29, 1.82) is 0 Å². The van der Waals surface area contributed by atoms with Crippen molar-refractivity contribution in [2.24, 2.45) is 0 Å². The number of rotatable bonds is 5. The van der Waals surface area contributed by atoms with Gasteiger partial charge in [0.2, 0.25) is 0 Å². The zero-order valence-corrected chi connectivity index (χ0v) is 13.8. The zero-order chi connectivity index (χ0) is 12.3. The Labute approximate surface area is 98.0 Å². The van der Waals surface area contributed by atoms with E-state index < -0.39 is 9.04 Å². The maximum atomic E-state index is 10.7. The highest BCUT2D eigenvalue weighted by atomic mass is 28.3. The van der Waals surface area contributed by atoms with Crippen LogP contribution in [0, 0.1) is 0 Å². The molecule has 0 atom stereocenters. The molecule has 0 rings (SSSR count). The van der Waals surface area contributed by atoms with Gasteiger partial charge in [-0.05, 0) is 26.4 Å². The Balaban J connectivity index is 0. The van der Waals surface area contributed by atoms with E-state index >= 15 is 0 Å². The normalized spacial score (nSPS) is 9.40. The fourth-order valence-electron chi connectivity index (χ4n) is 0.432. The smallest absolute Gasteiger partial charge is 0.333 e. The summed E-state index contributed by atoms with van der Waals surface area (Å²) in [4.78, 5) is 10.7. The first-order valence-corrected chi connectivity index (χ1v) is 9.50. The first-order chi connectivity index (χ1) is 6.95. The van der Waals surface area contributed by atoms with E-state index in [0.29, 0.717) is 12.2 Å². The van der Waals surface area contributed by atoms with E-state index in [9.17, 15) is 4.79 Å². The second-order valence-corrected chi connectivity index (χ2v) is 7.12. The number of esters is 1. The molecule has 0 radical (unpaired) electrons. The van der Waals surface area contributed by atoms with E-state index in [4.69, 9.17) is 9.16 Å². The molecule has 0 fully saturated rings. The lowest BCUT2D eigenvalue weighted by atomic mass is 10.4. The average molecular weight is 248 g/mol. The molecule has 0 aromatic heterocycles. The molecule has 0 spiro atoms. The first-order valence-electron chi connectivity index (χ1n) is 5.31. The van der Waals surface area contributed by atoms with Crippen LogP contribution >= 0.6 is 0 Å². The fraction of sp³-hybridized carbons (Fsp3) is 0.700. The van der Waals surface area contributed by atoms with Crippen LogP contribution in [0.1, 0.15) is 13.3 Å². The summed E-state index contributed by atoms with van der Waals surface area (Å²) >= 11 is 0. The molecule has 0 heterocycles. The van der Waals surface area contributed by atoms with Gasteiger partial charge in [0.05, 0.1) is 6.61 Å². The highest BCUT2D eigenvalue weighted by Gasteiger charge is 2.00. The van der Waals surface area contributed by atoms with Gasteiger partial charge in [-0.15, -0.1) is 0 Å². The molecule has 0 N–H and O–H groups in total. The molecule has 5 heteroatoms. The third-order valence-electron chi connectivity index (χ3n) is 1.55. The number of hydrogen-bond donors (Lipinski definition) is 0. The molecule has 90 valence electrons. The number of hydrogen-bond acceptors (Lipinski definition) is 3. The minimum absolute atomic E-state index is 0.268. The fourth-order valence-corrected chi connectivity index (χ4v) is 0.721. The molecule has 0 bridgehead atoms. The number of carbonyl (C=O) groups excluding carboxylic acids is 1. The Kier molecular flexibility index (Phi) is 13.2. The van der Waals surface area contributed by atoms with Crippen LogP contribution in [0.2, 0.25) is 19.1 Å². The van der Waals surface area contributed by atoms with E-state index in [1.165, 1.54) is 16.3 Å². The standard InChI is InChI=1S/C7H14O2Si.C3H10OSi/c1-6(2)7(8)9-4-3-5-10;1-4-5(2)3/h1,3-5H2,2,10H3;5H,1-3H3. The molecule has 0 aliphatic rings. The van der Waals surface area contributed by atoms with E-state index in [1.807, 2.05) is 0 Å². The highest BCUT2D eigenvalue weighted by Crippen LogP contribution is 1.94. The van der Waals surface area contributed by atoms with Gasteiger partial charge < -0.3 is 9.16 Å². The summed E-state index contributed by atoms with van der Waals surface area (Å²) in [6.45, 7) is 9.95. The largest absolute Gasteiger partial charge is 0.462 e. The maximum Gasteiger partial charge on any atom is 0.333 e. The summed E-state index contributed by atoms with van der Waals surface area (Å²) in [6.07, 6.45) is 0.991. The van der Waals surface area contributed by atoms with Crippen LogP contribution < -0.4 is 0 Å². The Bertz CT molecular complexity index is 182. The van der Waals surface area contributed by atoms with E-state index in [1.54, 1.807) is 14.0 Å². The predicted molar refractivity (Wildman–Crippen MR) is 71.0 cm³/mol. The van der Waals surface area contributed by atoms with Gasteiger partial charge in [-0.1, -0.05) is 12.6 Å².